The number of dihydropyridines is 1. The Morgan fingerprint density at radius 2 is 1.94 bits per heavy atom. The fourth-order valence-electron chi connectivity index (χ4n) is 2.28. The van der Waals surface area contributed by atoms with Crippen LogP contribution in [0.15, 0.2) is 23.2 Å². The summed E-state index contributed by atoms with van der Waals surface area (Å²) < 4.78 is 5.39. The number of halogens is 2. The van der Waals surface area contributed by atoms with Crippen LogP contribution in [-0.2, 0) is 4.74 Å². The third kappa shape index (κ3) is 3.98. The van der Waals surface area contributed by atoms with Crippen molar-refractivity contribution in [3.63, 3.8) is 0 Å². The predicted octanol–water partition coefficient (Wildman–Crippen LogP) is 1.13. The van der Waals surface area contributed by atoms with E-state index in [0.717, 1.165) is 25.4 Å². The van der Waals surface area contributed by atoms with Crippen LogP contribution in [0.1, 0.15) is 12.8 Å². The summed E-state index contributed by atoms with van der Waals surface area (Å²) in [5.41, 5.74) is 7.08. The second kappa shape index (κ2) is 7.69. The number of nitrogens with two attached hydrogens (primary N) is 1. The maximum absolute atomic E-state index is 5.72. The molecule has 6 heteroatoms. The minimum Gasteiger partial charge on any atom is -0.497 e. The molecule has 0 bridgehead atoms. The number of rotatable bonds is 2. The van der Waals surface area contributed by atoms with Crippen molar-refractivity contribution in [2.45, 2.75) is 12.8 Å². The Hall–Kier alpha value is -0.580. The molecule has 0 radical (unpaired) electrons. The van der Waals surface area contributed by atoms with Crippen molar-refractivity contribution in [2.75, 3.05) is 26.7 Å². The third-order valence-corrected chi connectivity index (χ3v) is 3.14. The molecule has 2 aliphatic rings. The molecule has 0 unspecified atom stereocenters. The molecule has 4 N–H and O–H groups in total. The van der Waals surface area contributed by atoms with Crippen molar-refractivity contribution >= 4 is 24.8 Å². The van der Waals surface area contributed by atoms with E-state index in [1.807, 2.05) is 6.08 Å². The first-order chi connectivity index (χ1) is 7.31. The Morgan fingerprint density at radius 3 is 2.53 bits per heavy atom. The Labute approximate surface area is 115 Å². The highest BCUT2D eigenvalue weighted by atomic mass is 35.5. The third-order valence-electron chi connectivity index (χ3n) is 3.14. The molecule has 2 rings (SSSR count). The van der Waals surface area contributed by atoms with E-state index in [4.69, 9.17) is 10.5 Å². The molecule has 1 fully saturated rings. The van der Waals surface area contributed by atoms with E-state index in [0.29, 0.717) is 11.7 Å². The zero-order chi connectivity index (χ0) is 10.7. The largest absolute Gasteiger partial charge is 0.497 e. The number of hydrogen-bond acceptors (Lipinski definition) is 4. The number of piperidine rings is 1. The van der Waals surface area contributed by atoms with Gasteiger partial charge in [0.15, 0.2) is 0 Å². The Balaban J connectivity index is 0.00000128. The molecule has 0 aliphatic carbocycles. The van der Waals surface area contributed by atoms with Crippen molar-refractivity contribution in [3.05, 3.63) is 23.2 Å². The van der Waals surface area contributed by atoms with Crippen LogP contribution in [0, 0.1) is 5.92 Å². The summed E-state index contributed by atoms with van der Waals surface area (Å²) in [6.45, 7) is 3.03. The van der Waals surface area contributed by atoms with Gasteiger partial charge in [0, 0.05) is 12.6 Å². The molecule has 0 aromatic carbocycles. The molecule has 17 heavy (non-hydrogen) atoms. The number of nitrogens with one attached hydrogen (secondary N) is 2. The lowest BCUT2D eigenvalue weighted by Gasteiger charge is -2.29. The molecule has 0 amide bonds. The predicted molar refractivity (Wildman–Crippen MR) is 74.4 cm³/mol. The van der Waals surface area contributed by atoms with Crippen LogP contribution in [0.2, 0.25) is 0 Å². The monoisotopic (exact) mass is 281 g/mol. The summed E-state index contributed by atoms with van der Waals surface area (Å²) >= 11 is 0. The van der Waals surface area contributed by atoms with E-state index in [1.165, 1.54) is 18.4 Å². The molecule has 1 saturated heterocycles. The lowest BCUT2D eigenvalue weighted by Crippen LogP contribution is -2.34. The summed E-state index contributed by atoms with van der Waals surface area (Å²) in [7, 11) is 1.71. The maximum atomic E-state index is 5.72. The maximum Gasteiger partial charge on any atom is 0.123 e. The lowest BCUT2D eigenvalue weighted by molar-refractivity contribution is 0.284. The minimum absolute atomic E-state index is 0. The van der Waals surface area contributed by atoms with Crippen LogP contribution < -0.4 is 16.4 Å². The van der Waals surface area contributed by atoms with Gasteiger partial charge in [-0.2, -0.15) is 0 Å². The fraction of sp³-hybridized carbons (Fsp3) is 0.636. The van der Waals surface area contributed by atoms with Crippen molar-refractivity contribution in [2.24, 2.45) is 11.7 Å². The van der Waals surface area contributed by atoms with Crippen LogP contribution in [0.25, 0.3) is 0 Å². The minimum atomic E-state index is 0. The van der Waals surface area contributed by atoms with Crippen LogP contribution in [0.4, 0.5) is 0 Å². The molecule has 0 spiro atoms. The van der Waals surface area contributed by atoms with Gasteiger partial charge in [-0.15, -0.1) is 24.8 Å². The van der Waals surface area contributed by atoms with Crippen LogP contribution in [-0.4, -0.2) is 26.7 Å². The first kappa shape index (κ1) is 16.4. The Bertz CT molecular complexity index is 299. The van der Waals surface area contributed by atoms with Gasteiger partial charge in [0.05, 0.1) is 12.9 Å². The number of methoxy groups -OCH3 is 1. The number of ether oxygens (including phenoxy) is 1. The summed E-state index contributed by atoms with van der Waals surface area (Å²) in [6, 6.07) is 0. The van der Waals surface area contributed by atoms with Crippen molar-refractivity contribution in [3.8, 4) is 0 Å². The van der Waals surface area contributed by atoms with E-state index in [2.05, 4.69) is 10.6 Å². The smallest absolute Gasteiger partial charge is 0.123 e. The van der Waals surface area contributed by atoms with Gasteiger partial charge in [-0.3, -0.25) is 0 Å². The molecule has 0 saturated carbocycles. The van der Waals surface area contributed by atoms with E-state index < -0.39 is 0 Å². The summed E-state index contributed by atoms with van der Waals surface area (Å²) in [4.78, 5) is 0. The lowest BCUT2D eigenvalue weighted by atomic mass is 9.88. The van der Waals surface area contributed by atoms with Gasteiger partial charge in [0.1, 0.15) is 5.76 Å². The highest BCUT2D eigenvalue weighted by Gasteiger charge is 2.22. The SMILES string of the molecule is COC1=C(C2CCNCC2)CNC(N)=C1.Cl.Cl. The molecule has 2 aliphatic heterocycles. The number of allylic oxidation sites excluding steroid dienone is 1. The van der Waals surface area contributed by atoms with Crippen molar-refractivity contribution in [1.29, 1.82) is 0 Å². The van der Waals surface area contributed by atoms with Gasteiger partial charge in [-0.1, -0.05) is 0 Å². The first-order valence-corrected chi connectivity index (χ1v) is 5.50. The standard InChI is InChI=1S/C11H19N3O.2ClH/c1-15-10-6-11(12)14-7-9(10)8-2-4-13-5-3-8;;/h6,8,13-14H,2-5,7,12H2,1H3;2*1H. The second-order valence-corrected chi connectivity index (χ2v) is 4.07. The van der Waals surface area contributed by atoms with Gasteiger partial charge in [0.25, 0.3) is 0 Å². The molecule has 4 nitrogen and oxygen atoms in total. The molecule has 0 atom stereocenters. The summed E-state index contributed by atoms with van der Waals surface area (Å²) in [5.74, 6) is 2.29. The quantitative estimate of drug-likeness (QED) is 0.710. The average molecular weight is 282 g/mol. The van der Waals surface area contributed by atoms with Gasteiger partial charge in [-0.05, 0) is 37.4 Å². The van der Waals surface area contributed by atoms with Crippen LogP contribution in [0.3, 0.4) is 0 Å². The second-order valence-electron chi connectivity index (χ2n) is 4.07. The Kier molecular flexibility index (Phi) is 7.43. The van der Waals surface area contributed by atoms with Gasteiger partial charge in [-0.25, -0.2) is 0 Å². The molecule has 0 aromatic heterocycles. The molecular formula is C11H21Cl2N3O. The van der Waals surface area contributed by atoms with Crippen molar-refractivity contribution < 1.29 is 4.74 Å². The van der Waals surface area contributed by atoms with E-state index in [9.17, 15) is 0 Å². The van der Waals surface area contributed by atoms with E-state index in [-0.39, 0.29) is 24.8 Å². The van der Waals surface area contributed by atoms with Gasteiger partial charge < -0.3 is 21.1 Å². The van der Waals surface area contributed by atoms with E-state index in [1.54, 1.807) is 7.11 Å². The zero-order valence-electron chi connectivity index (χ0n) is 9.99. The number of hydrogen-bond donors (Lipinski definition) is 3. The fourth-order valence-corrected chi connectivity index (χ4v) is 2.28. The van der Waals surface area contributed by atoms with Gasteiger partial charge in [0.2, 0.25) is 0 Å². The average Bonchev–Trinajstić information content (AvgIpc) is 2.30. The van der Waals surface area contributed by atoms with Crippen molar-refractivity contribution in [1.82, 2.24) is 10.6 Å². The first-order valence-electron chi connectivity index (χ1n) is 5.50. The molecule has 0 aromatic rings. The summed E-state index contributed by atoms with van der Waals surface area (Å²) in [6.07, 6.45) is 4.27. The highest BCUT2D eigenvalue weighted by molar-refractivity contribution is 5.85. The topological polar surface area (TPSA) is 59.3 Å². The normalized spacial score (nSPS) is 20.6. The van der Waals surface area contributed by atoms with Crippen LogP contribution in [0.5, 0.6) is 0 Å². The highest BCUT2D eigenvalue weighted by Crippen LogP contribution is 2.26. The van der Waals surface area contributed by atoms with Gasteiger partial charge >= 0.3 is 0 Å². The zero-order valence-corrected chi connectivity index (χ0v) is 11.6. The molecular weight excluding hydrogens is 261 g/mol. The van der Waals surface area contributed by atoms with Crippen LogP contribution >= 0.6 is 24.8 Å². The molecule has 100 valence electrons. The van der Waals surface area contributed by atoms with E-state index >= 15 is 0 Å². The Morgan fingerprint density at radius 1 is 1.29 bits per heavy atom. The molecule has 2 heterocycles. The summed E-state index contributed by atoms with van der Waals surface area (Å²) in [5, 5.41) is 6.55.